The maximum absolute atomic E-state index is 10.7. The molecule has 0 aromatic carbocycles. The highest BCUT2D eigenvalue weighted by Crippen LogP contribution is 2.26. The Morgan fingerprint density at radius 2 is 2.44 bits per heavy atom. The summed E-state index contributed by atoms with van der Waals surface area (Å²) in [4.78, 5) is 14.7. The first kappa shape index (κ1) is 10.8. The van der Waals surface area contributed by atoms with Crippen LogP contribution < -0.4 is 5.73 Å². The van der Waals surface area contributed by atoms with Gasteiger partial charge in [-0.25, -0.2) is 4.98 Å². The number of nitrogens with two attached hydrogens (primary N) is 1. The van der Waals surface area contributed by atoms with E-state index in [1.54, 1.807) is 6.20 Å². The lowest BCUT2D eigenvalue weighted by Crippen LogP contribution is -2.32. The van der Waals surface area contributed by atoms with Crippen molar-refractivity contribution in [1.82, 2.24) is 4.98 Å². The molecule has 0 aliphatic rings. The van der Waals surface area contributed by atoms with Crippen molar-refractivity contribution in [2.75, 3.05) is 0 Å². The van der Waals surface area contributed by atoms with Crippen LogP contribution in [0.2, 0.25) is 0 Å². The van der Waals surface area contributed by atoms with Gasteiger partial charge in [0.05, 0.1) is 11.8 Å². The van der Waals surface area contributed by atoms with E-state index in [0.717, 1.165) is 11.1 Å². The summed E-state index contributed by atoms with van der Waals surface area (Å²) in [5.41, 5.74) is 7.15. The quantitative estimate of drug-likeness (QED) is 0.839. The van der Waals surface area contributed by atoms with E-state index in [9.17, 15) is 4.79 Å². The summed E-state index contributed by atoms with van der Waals surface area (Å²) < 4.78 is 5.17. The Morgan fingerprint density at radius 1 is 1.62 bits per heavy atom. The zero-order valence-electron chi connectivity index (χ0n) is 8.29. The van der Waals surface area contributed by atoms with Gasteiger partial charge < -0.3 is 15.3 Å². The van der Waals surface area contributed by atoms with Crippen molar-refractivity contribution in [1.29, 1.82) is 0 Å². The number of aliphatic carboxylic acids is 1. The SMILES string of the molecule is NC(Cc1cscc1-c1ncco1)C(=O)O. The summed E-state index contributed by atoms with van der Waals surface area (Å²) in [6.45, 7) is 0. The molecule has 0 aliphatic carbocycles. The smallest absolute Gasteiger partial charge is 0.320 e. The number of thiophene rings is 1. The Hall–Kier alpha value is -1.66. The predicted molar refractivity (Wildman–Crippen MR) is 59.1 cm³/mol. The van der Waals surface area contributed by atoms with E-state index in [2.05, 4.69) is 4.98 Å². The average Bonchev–Trinajstić information content (AvgIpc) is 2.85. The van der Waals surface area contributed by atoms with Crippen molar-refractivity contribution >= 4 is 17.3 Å². The Labute approximate surface area is 95.5 Å². The van der Waals surface area contributed by atoms with Gasteiger partial charge in [-0.15, -0.1) is 0 Å². The van der Waals surface area contributed by atoms with Crippen molar-refractivity contribution in [3.05, 3.63) is 28.8 Å². The lowest BCUT2D eigenvalue weighted by atomic mass is 10.1. The molecule has 0 saturated heterocycles. The first-order valence-corrected chi connectivity index (χ1v) is 5.56. The van der Waals surface area contributed by atoms with Crippen LogP contribution in [0.1, 0.15) is 5.56 Å². The largest absolute Gasteiger partial charge is 0.480 e. The van der Waals surface area contributed by atoms with Gasteiger partial charge >= 0.3 is 5.97 Å². The zero-order chi connectivity index (χ0) is 11.5. The molecule has 1 unspecified atom stereocenters. The maximum Gasteiger partial charge on any atom is 0.320 e. The van der Waals surface area contributed by atoms with Gasteiger partial charge in [-0.2, -0.15) is 11.3 Å². The molecule has 84 valence electrons. The number of hydrogen-bond acceptors (Lipinski definition) is 5. The fourth-order valence-electron chi connectivity index (χ4n) is 1.35. The maximum atomic E-state index is 10.7. The fourth-order valence-corrected chi connectivity index (χ4v) is 2.19. The lowest BCUT2D eigenvalue weighted by molar-refractivity contribution is -0.138. The molecule has 2 rings (SSSR count). The van der Waals surface area contributed by atoms with Gasteiger partial charge in [0.25, 0.3) is 0 Å². The highest BCUT2D eigenvalue weighted by molar-refractivity contribution is 7.08. The van der Waals surface area contributed by atoms with Crippen molar-refractivity contribution in [3.63, 3.8) is 0 Å². The summed E-state index contributed by atoms with van der Waals surface area (Å²) in [6.07, 6.45) is 3.30. The van der Waals surface area contributed by atoms with Crippen LogP contribution in [-0.2, 0) is 11.2 Å². The average molecular weight is 238 g/mol. The molecule has 0 saturated carbocycles. The number of carboxylic acid groups (broad SMARTS) is 1. The number of oxazole rings is 1. The second-order valence-corrected chi connectivity index (χ2v) is 4.04. The number of hydrogen-bond donors (Lipinski definition) is 2. The van der Waals surface area contributed by atoms with Gasteiger partial charge in [-0.05, 0) is 17.4 Å². The number of carbonyl (C=O) groups is 1. The standard InChI is InChI=1S/C10H10N2O3S/c11-8(10(13)14)3-6-4-16-5-7(6)9-12-1-2-15-9/h1-2,4-5,8H,3,11H2,(H,13,14). The normalized spacial score (nSPS) is 12.6. The first-order valence-electron chi connectivity index (χ1n) is 4.62. The lowest BCUT2D eigenvalue weighted by Gasteiger charge is -2.05. The Morgan fingerprint density at radius 3 is 3.06 bits per heavy atom. The van der Waals surface area contributed by atoms with Crippen molar-refractivity contribution in [3.8, 4) is 11.5 Å². The van der Waals surface area contributed by atoms with Crippen LogP contribution in [0.25, 0.3) is 11.5 Å². The molecular formula is C10H10N2O3S. The van der Waals surface area contributed by atoms with E-state index in [1.165, 1.54) is 17.6 Å². The minimum absolute atomic E-state index is 0.274. The van der Waals surface area contributed by atoms with Crippen LogP contribution in [0.15, 0.2) is 27.6 Å². The molecule has 0 radical (unpaired) electrons. The van der Waals surface area contributed by atoms with E-state index in [0.29, 0.717) is 5.89 Å². The first-order chi connectivity index (χ1) is 7.68. The van der Waals surface area contributed by atoms with Gasteiger partial charge in [-0.1, -0.05) is 0 Å². The molecule has 1 atom stereocenters. The highest BCUT2D eigenvalue weighted by Gasteiger charge is 2.17. The van der Waals surface area contributed by atoms with Gasteiger partial charge in [-0.3, -0.25) is 4.79 Å². The molecular weight excluding hydrogens is 228 g/mol. The number of rotatable bonds is 4. The molecule has 5 nitrogen and oxygen atoms in total. The molecule has 6 heteroatoms. The van der Waals surface area contributed by atoms with Crippen molar-refractivity contribution in [2.24, 2.45) is 5.73 Å². The van der Waals surface area contributed by atoms with Crippen LogP contribution >= 0.6 is 11.3 Å². The van der Waals surface area contributed by atoms with Crippen LogP contribution in [0.4, 0.5) is 0 Å². The third-order valence-corrected chi connectivity index (χ3v) is 2.95. The Kier molecular flexibility index (Phi) is 3.02. The number of nitrogens with zero attached hydrogens (tertiary/aromatic N) is 1. The van der Waals surface area contributed by atoms with Gasteiger partial charge in [0, 0.05) is 5.38 Å². The van der Waals surface area contributed by atoms with Crippen LogP contribution in [0.3, 0.4) is 0 Å². The topological polar surface area (TPSA) is 89.4 Å². The van der Waals surface area contributed by atoms with Crippen LogP contribution in [0, 0.1) is 0 Å². The Bertz CT molecular complexity index is 478. The van der Waals surface area contributed by atoms with Crippen LogP contribution in [-0.4, -0.2) is 22.1 Å². The molecule has 0 fully saturated rings. The number of aromatic nitrogens is 1. The van der Waals surface area contributed by atoms with Gasteiger partial charge in [0.15, 0.2) is 0 Å². The van der Waals surface area contributed by atoms with E-state index >= 15 is 0 Å². The molecule has 2 aromatic heterocycles. The third kappa shape index (κ3) is 2.12. The molecule has 2 heterocycles. The summed E-state index contributed by atoms with van der Waals surface area (Å²) in [6, 6.07) is -0.900. The monoisotopic (exact) mass is 238 g/mol. The summed E-state index contributed by atoms with van der Waals surface area (Å²) in [7, 11) is 0. The summed E-state index contributed by atoms with van der Waals surface area (Å²) in [5, 5.41) is 12.5. The second kappa shape index (κ2) is 4.46. The highest BCUT2D eigenvalue weighted by atomic mass is 32.1. The molecule has 3 N–H and O–H groups in total. The van der Waals surface area contributed by atoms with E-state index < -0.39 is 12.0 Å². The van der Waals surface area contributed by atoms with Gasteiger partial charge in [0.2, 0.25) is 5.89 Å². The van der Waals surface area contributed by atoms with Gasteiger partial charge in [0.1, 0.15) is 12.3 Å². The summed E-state index contributed by atoms with van der Waals surface area (Å²) in [5.74, 6) is -0.515. The molecule has 0 aliphatic heterocycles. The van der Waals surface area contributed by atoms with E-state index in [1.807, 2.05) is 10.8 Å². The number of carboxylic acids is 1. The third-order valence-electron chi connectivity index (χ3n) is 2.16. The zero-order valence-corrected chi connectivity index (χ0v) is 9.11. The van der Waals surface area contributed by atoms with Crippen molar-refractivity contribution < 1.29 is 14.3 Å². The fraction of sp³-hybridized carbons (Fsp3) is 0.200. The molecule has 16 heavy (non-hydrogen) atoms. The predicted octanol–water partition coefficient (Wildman–Crippen LogP) is 1.36. The van der Waals surface area contributed by atoms with E-state index in [4.69, 9.17) is 15.3 Å². The summed E-state index contributed by atoms with van der Waals surface area (Å²) >= 11 is 1.47. The molecule has 0 spiro atoms. The van der Waals surface area contributed by atoms with Crippen LogP contribution in [0.5, 0.6) is 0 Å². The minimum Gasteiger partial charge on any atom is -0.480 e. The molecule has 2 aromatic rings. The molecule has 0 bridgehead atoms. The molecule has 0 amide bonds. The Balaban J connectivity index is 2.23. The van der Waals surface area contributed by atoms with Crippen molar-refractivity contribution in [2.45, 2.75) is 12.5 Å². The second-order valence-electron chi connectivity index (χ2n) is 3.30. The van der Waals surface area contributed by atoms with E-state index in [-0.39, 0.29) is 6.42 Å². The minimum atomic E-state index is -1.01.